The monoisotopic (exact) mass is 367 g/mol. The lowest BCUT2D eigenvalue weighted by atomic mass is 10.1. The molecule has 1 aromatic carbocycles. The number of alkyl halides is 1. The Bertz CT molecular complexity index is 424. The number of hydrogen-bond donors (Lipinski definition) is 1. The Labute approximate surface area is 118 Å². The quantitative estimate of drug-likeness (QED) is 0.263. The number of ether oxygens (including phenoxy) is 2. The van der Waals surface area contributed by atoms with Gasteiger partial charge in [-0.25, -0.2) is 0 Å². The molecule has 18 heavy (non-hydrogen) atoms. The van der Waals surface area contributed by atoms with E-state index in [0.29, 0.717) is 18.1 Å². The van der Waals surface area contributed by atoms with Crippen LogP contribution in [0.4, 0.5) is 5.69 Å². The normalized spacial score (nSPS) is 10.2. The predicted octanol–water partition coefficient (Wildman–Crippen LogP) is 2.30. The van der Waals surface area contributed by atoms with E-state index in [4.69, 9.17) is 14.6 Å². The van der Waals surface area contributed by atoms with Gasteiger partial charge in [0.2, 0.25) is 0 Å². The van der Waals surface area contributed by atoms with E-state index in [9.17, 15) is 10.1 Å². The molecule has 1 N–H and O–H groups in total. The fraction of sp³-hybridized carbons (Fsp3) is 0.455. The number of aliphatic hydroxyl groups excluding tert-OH is 1. The lowest BCUT2D eigenvalue weighted by molar-refractivity contribution is -0.385. The third-order valence-electron chi connectivity index (χ3n) is 2.27. The summed E-state index contributed by atoms with van der Waals surface area (Å²) >= 11 is 2.22. The van der Waals surface area contributed by atoms with Crippen molar-refractivity contribution in [2.75, 3.05) is 18.1 Å². The molecule has 0 heterocycles. The second-order valence-electron chi connectivity index (χ2n) is 3.44. The van der Waals surface area contributed by atoms with Gasteiger partial charge in [0.25, 0.3) is 5.69 Å². The van der Waals surface area contributed by atoms with Gasteiger partial charge in [-0.15, -0.1) is 0 Å². The summed E-state index contributed by atoms with van der Waals surface area (Å²) in [5.74, 6) is 0.712. The van der Waals surface area contributed by atoms with Crippen LogP contribution in [0.25, 0.3) is 0 Å². The minimum absolute atomic E-state index is 0.164. The first-order chi connectivity index (χ1) is 8.63. The van der Waals surface area contributed by atoms with Gasteiger partial charge in [0.05, 0.1) is 36.9 Å². The predicted molar refractivity (Wildman–Crippen MR) is 74.6 cm³/mol. The van der Waals surface area contributed by atoms with Gasteiger partial charge in [0.15, 0.2) is 11.5 Å². The van der Waals surface area contributed by atoms with E-state index in [1.165, 1.54) is 19.2 Å². The van der Waals surface area contributed by atoms with Gasteiger partial charge in [-0.2, -0.15) is 0 Å². The van der Waals surface area contributed by atoms with E-state index in [1.54, 1.807) is 0 Å². The third-order valence-corrected chi connectivity index (χ3v) is 3.03. The van der Waals surface area contributed by atoms with Crippen LogP contribution in [0.3, 0.4) is 0 Å². The van der Waals surface area contributed by atoms with Crippen LogP contribution < -0.4 is 9.47 Å². The Hall–Kier alpha value is -1.09. The first-order valence-electron chi connectivity index (χ1n) is 5.29. The minimum Gasteiger partial charge on any atom is -0.493 e. The molecule has 0 fully saturated rings. The highest BCUT2D eigenvalue weighted by atomic mass is 127. The highest BCUT2D eigenvalue weighted by Gasteiger charge is 2.19. The fourth-order valence-electron chi connectivity index (χ4n) is 1.40. The Kier molecular flexibility index (Phi) is 6.13. The summed E-state index contributed by atoms with van der Waals surface area (Å²) in [6, 6.07) is 2.72. The SMILES string of the molecule is COc1cc(CO)c([N+](=O)[O-])cc1OCCCI. The average molecular weight is 367 g/mol. The van der Waals surface area contributed by atoms with Crippen LogP contribution in [0.5, 0.6) is 11.5 Å². The molecule has 0 atom stereocenters. The van der Waals surface area contributed by atoms with E-state index >= 15 is 0 Å². The van der Waals surface area contributed by atoms with Crippen LogP contribution in [-0.2, 0) is 6.61 Å². The van der Waals surface area contributed by atoms with Crippen molar-refractivity contribution < 1.29 is 19.5 Å². The van der Waals surface area contributed by atoms with Crippen molar-refractivity contribution in [1.82, 2.24) is 0 Å². The zero-order valence-electron chi connectivity index (χ0n) is 9.89. The fourth-order valence-corrected chi connectivity index (χ4v) is 1.71. The molecule has 6 nitrogen and oxygen atoms in total. The molecule has 100 valence electrons. The summed E-state index contributed by atoms with van der Waals surface area (Å²) in [4.78, 5) is 10.3. The van der Waals surface area contributed by atoms with Crippen molar-refractivity contribution in [2.24, 2.45) is 0 Å². The molecule has 0 unspecified atom stereocenters. The summed E-state index contributed by atoms with van der Waals surface area (Å²) in [7, 11) is 1.45. The van der Waals surface area contributed by atoms with Gasteiger partial charge in [0, 0.05) is 4.43 Å². The summed E-state index contributed by atoms with van der Waals surface area (Å²) in [5.41, 5.74) is 0.0425. The minimum atomic E-state index is -0.545. The van der Waals surface area contributed by atoms with Gasteiger partial charge in [-0.05, 0) is 12.5 Å². The number of halogens is 1. The Balaban J connectivity index is 3.07. The number of nitrogens with zero attached hydrogens (tertiary/aromatic N) is 1. The maximum absolute atomic E-state index is 10.9. The van der Waals surface area contributed by atoms with Gasteiger partial charge < -0.3 is 14.6 Å². The second kappa shape index (κ2) is 7.37. The summed E-state index contributed by atoms with van der Waals surface area (Å²) in [6.45, 7) is 0.0512. The summed E-state index contributed by atoms with van der Waals surface area (Å²) < 4.78 is 11.5. The van der Waals surface area contributed by atoms with Crippen molar-refractivity contribution >= 4 is 28.3 Å². The standard InChI is InChI=1S/C11H14INO5/c1-17-10-5-8(7-14)9(13(15)16)6-11(10)18-4-2-3-12/h5-6,14H,2-4,7H2,1H3. The topological polar surface area (TPSA) is 81.8 Å². The largest absolute Gasteiger partial charge is 0.493 e. The molecule has 7 heteroatoms. The molecule has 1 rings (SSSR count). The van der Waals surface area contributed by atoms with Crippen molar-refractivity contribution in [3.8, 4) is 11.5 Å². The zero-order valence-corrected chi connectivity index (χ0v) is 12.0. The number of hydrogen-bond acceptors (Lipinski definition) is 5. The molecule has 0 saturated carbocycles. The summed E-state index contributed by atoms with van der Waals surface area (Å²) in [6.07, 6.45) is 0.846. The number of methoxy groups -OCH3 is 1. The van der Waals surface area contributed by atoms with E-state index in [-0.39, 0.29) is 11.3 Å². The Morgan fingerprint density at radius 3 is 2.67 bits per heavy atom. The van der Waals surface area contributed by atoms with Crippen LogP contribution in [-0.4, -0.2) is 28.2 Å². The molecular formula is C11H14INO5. The number of benzene rings is 1. The molecule has 0 bridgehead atoms. The van der Waals surface area contributed by atoms with Crippen molar-refractivity contribution in [2.45, 2.75) is 13.0 Å². The Morgan fingerprint density at radius 1 is 1.44 bits per heavy atom. The second-order valence-corrected chi connectivity index (χ2v) is 4.52. The van der Waals surface area contributed by atoms with E-state index in [0.717, 1.165) is 10.8 Å². The molecule has 0 aliphatic heterocycles. The molecule has 0 aromatic heterocycles. The van der Waals surface area contributed by atoms with Crippen LogP contribution in [0.15, 0.2) is 12.1 Å². The van der Waals surface area contributed by atoms with Crippen molar-refractivity contribution in [3.05, 3.63) is 27.8 Å². The molecule has 0 aliphatic carbocycles. The van der Waals surface area contributed by atoms with Gasteiger partial charge in [-0.3, -0.25) is 10.1 Å². The van der Waals surface area contributed by atoms with Crippen LogP contribution in [0, 0.1) is 10.1 Å². The van der Waals surface area contributed by atoms with E-state index < -0.39 is 11.5 Å². The highest BCUT2D eigenvalue weighted by molar-refractivity contribution is 14.1. The first kappa shape index (κ1) is 15.0. The van der Waals surface area contributed by atoms with Gasteiger partial charge in [-0.1, -0.05) is 22.6 Å². The summed E-state index contributed by atoms with van der Waals surface area (Å²) in [5, 5.41) is 19.9. The number of rotatable bonds is 7. The molecule has 0 aliphatic rings. The molecule has 1 aromatic rings. The third kappa shape index (κ3) is 3.70. The maximum atomic E-state index is 10.9. The average Bonchev–Trinajstić information content (AvgIpc) is 2.38. The van der Waals surface area contributed by atoms with Crippen molar-refractivity contribution in [1.29, 1.82) is 0 Å². The van der Waals surface area contributed by atoms with Crippen molar-refractivity contribution in [3.63, 3.8) is 0 Å². The van der Waals surface area contributed by atoms with E-state index in [2.05, 4.69) is 22.6 Å². The van der Waals surface area contributed by atoms with Gasteiger partial charge >= 0.3 is 0 Å². The molecule has 0 amide bonds. The maximum Gasteiger partial charge on any atom is 0.278 e. The van der Waals surface area contributed by atoms with Crippen LogP contribution >= 0.6 is 22.6 Å². The number of nitro benzene ring substituents is 1. The van der Waals surface area contributed by atoms with Crippen LogP contribution in [0.2, 0.25) is 0 Å². The lowest BCUT2D eigenvalue weighted by Crippen LogP contribution is -2.03. The molecule has 0 radical (unpaired) electrons. The lowest BCUT2D eigenvalue weighted by Gasteiger charge is -2.11. The zero-order chi connectivity index (χ0) is 13.5. The first-order valence-corrected chi connectivity index (χ1v) is 6.81. The number of nitro groups is 1. The molecule has 0 spiro atoms. The highest BCUT2D eigenvalue weighted by Crippen LogP contribution is 2.34. The van der Waals surface area contributed by atoms with Gasteiger partial charge in [0.1, 0.15) is 0 Å². The molecule has 0 saturated heterocycles. The van der Waals surface area contributed by atoms with Crippen LogP contribution in [0.1, 0.15) is 12.0 Å². The Morgan fingerprint density at radius 2 is 2.17 bits per heavy atom. The molecular weight excluding hydrogens is 353 g/mol. The smallest absolute Gasteiger partial charge is 0.278 e. The number of aliphatic hydroxyl groups is 1. The van der Waals surface area contributed by atoms with E-state index in [1.807, 2.05) is 0 Å².